The largest absolute Gasteiger partial charge is 0.311 e. The molecule has 134 valence electrons. The Labute approximate surface area is 148 Å². The van der Waals surface area contributed by atoms with Crippen molar-refractivity contribution in [3.05, 3.63) is 35.4 Å². The minimum absolute atomic E-state index is 0.405. The van der Waals surface area contributed by atoms with Crippen molar-refractivity contribution >= 4 is 0 Å². The van der Waals surface area contributed by atoms with Gasteiger partial charge in [0.15, 0.2) is 0 Å². The molecule has 1 aliphatic carbocycles. The van der Waals surface area contributed by atoms with Gasteiger partial charge in [-0.3, -0.25) is 4.90 Å². The molecule has 1 aliphatic heterocycles. The van der Waals surface area contributed by atoms with Gasteiger partial charge >= 0.3 is 0 Å². The highest BCUT2D eigenvalue weighted by atomic mass is 15.3. The average Bonchev–Trinajstić information content (AvgIpc) is 2.63. The Hall–Kier alpha value is -0.900. The summed E-state index contributed by atoms with van der Waals surface area (Å²) < 4.78 is 0. The average molecular weight is 330 g/mol. The molecule has 0 aromatic heterocycles. The minimum atomic E-state index is 0.405. The quantitative estimate of drug-likeness (QED) is 0.863. The summed E-state index contributed by atoms with van der Waals surface area (Å²) >= 11 is 0. The van der Waals surface area contributed by atoms with Crippen molar-refractivity contribution in [1.29, 1.82) is 0 Å². The third-order valence-corrected chi connectivity index (χ3v) is 6.14. The van der Waals surface area contributed by atoms with Crippen molar-refractivity contribution in [2.24, 2.45) is 0 Å². The van der Waals surface area contributed by atoms with Crippen LogP contribution < -0.4 is 5.32 Å². The van der Waals surface area contributed by atoms with Crippen molar-refractivity contribution in [3.8, 4) is 0 Å². The number of piperazine rings is 1. The van der Waals surface area contributed by atoms with Crippen molar-refractivity contribution < 1.29 is 0 Å². The van der Waals surface area contributed by atoms with E-state index in [1.54, 1.807) is 0 Å². The second-order valence-corrected chi connectivity index (χ2v) is 7.80. The highest BCUT2D eigenvalue weighted by molar-refractivity contribution is 5.22. The third-order valence-electron chi connectivity index (χ3n) is 6.14. The van der Waals surface area contributed by atoms with Crippen molar-refractivity contribution in [2.45, 2.75) is 58.0 Å². The Morgan fingerprint density at radius 1 is 1.04 bits per heavy atom. The monoisotopic (exact) mass is 329 g/mol. The Morgan fingerprint density at radius 2 is 1.79 bits per heavy atom. The summed E-state index contributed by atoms with van der Waals surface area (Å²) in [5, 5.41) is 3.81. The smallest absolute Gasteiger partial charge is 0.0335 e. The first-order valence-electron chi connectivity index (χ1n) is 9.95. The van der Waals surface area contributed by atoms with E-state index in [0.717, 1.165) is 13.1 Å². The first kappa shape index (κ1) is 17.9. The molecule has 2 aliphatic rings. The molecule has 1 saturated heterocycles. The summed E-state index contributed by atoms with van der Waals surface area (Å²) in [4.78, 5) is 5.41. The zero-order chi connectivity index (χ0) is 16.8. The van der Waals surface area contributed by atoms with Crippen LogP contribution in [0, 0.1) is 6.92 Å². The lowest BCUT2D eigenvalue weighted by Crippen LogP contribution is -2.61. The Morgan fingerprint density at radius 3 is 2.46 bits per heavy atom. The molecule has 1 heterocycles. The predicted octanol–water partition coefficient (Wildman–Crippen LogP) is 3.43. The molecule has 0 atom stereocenters. The summed E-state index contributed by atoms with van der Waals surface area (Å²) in [6, 6.07) is 8.90. The molecule has 3 heteroatoms. The second kappa shape index (κ2) is 8.46. The third kappa shape index (κ3) is 4.38. The van der Waals surface area contributed by atoms with Gasteiger partial charge in [-0.1, -0.05) is 56.0 Å². The fourth-order valence-corrected chi connectivity index (χ4v) is 4.61. The van der Waals surface area contributed by atoms with Crippen LogP contribution in [0.25, 0.3) is 0 Å². The van der Waals surface area contributed by atoms with Crippen LogP contribution in [-0.2, 0) is 6.54 Å². The number of hydrogen-bond donors (Lipinski definition) is 1. The van der Waals surface area contributed by atoms with E-state index in [0.29, 0.717) is 5.54 Å². The predicted molar refractivity (Wildman–Crippen MR) is 102 cm³/mol. The molecule has 1 saturated carbocycles. The molecule has 24 heavy (non-hydrogen) atoms. The van der Waals surface area contributed by atoms with E-state index < -0.39 is 0 Å². The molecule has 1 N–H and O–H groups in total. The first-order chi connectivity index (χ1) is 11.7. The number of nitrogens with one attached hydrogen (secondary N) is 1. The highest BCUT2D eigenvalue weighted by Gasteiger charge is 2.38. The molecular formula is C21H35N3. The normalized spacial score (nSPS) is 22.6. The van der Waals surface area contributed by atoms with Crippen LogP contribution in [0.4, 0.5) is 0 Å². The SMILES string of the molecule is CCN1CCN(C2(CNCc3cccc(C)c3)CCCCC2)CC1. The highest BCUT2D eigenvalue weighted by Crippen LogP contribution is 2.34. The second-order valence-electron chi connectivity index (χ2n) is 7.80. The summed E-state index contributed by atoms with van der Waals surface area (Å²) in [6.45, 7) is 12.8. The molecule has 0 bridgehead atoms. The molecule has 0 amide bonds. The Balaban J connectivity index is 1.59. The maximum Gasteiger partial charge on any atom is 0.0335 e. The van der Waals surface area contributed by atoms with Gasteiger partial charge in [-0.2, -0.15) is 0 Å². The van der Waals surface area contributed by atoms with Crippen molar-refractivity contribution in [3.63, 3.8) is 0 Å². The van der Waals surface area contributed by atoms with E-state index in [1.165, 1.54) is 76.0 Å². The van der Waals surface area contributed by atoms with E-state index in [4.69, 9.17) is 0 Å². The number of rotatable bonds is 6. The maximum absolute atomic E-state index is 3.81. The molecular weight excluding hydrogens is 294 g/mol. The fourth-order valence-electron chi connectivity index (χ4n) is 4.61. The zero-order valence-electron chi connectivity index (χ0n) is 15.7. The van der Waals surface area contributed by atoms with Crippen LogP contribution in [0.2, 0.25) is 0 Å². The van der Waals surface area contributed by atoms with E-state index in [2.05, 4.69) is 53.2 Å². The summed E-state index contributed by atoms with van der Waals surface area (Å²) in [5.74, 6) is 0. The van der Waals surface area contributed by atoms with Crippen LogP contribution in [0.1, 0.15) is 50.2 Å². The molecule has 3 nitrogen and oxygen atoms in total. The van der Waals surface area contributed by atoms with Gasteiger partial charge < -0.3 is 10.2 Å². The molecule has 1 aromatic rings. The van der Waals surface area contributed by atoms with Crippen LogP contribution in [0.5, 0.6) is 0 Å². The molecule has 1 aromatic carbocycles. The van der Waals surface area contributed by atoms with Gasteiger partial charge in [0.1, 0.15) is 0 Å². The minimum Gasteiger partial charge on any atom is -0.311 e. The number of likely N-dealkylation sites (N-methyl/N-ethyl adjacent to an activating group) is 1. The van der Waals surface area contributed by atoms with Crippen LogP contribution >= 0.6 is 0 Å². The van der Waals surface area contributed by atoms with Gasteiger partial charge in [-0.15, -0.1) is 0 Å². The van der Waals surface area contributed by atoms with Gasteiger partial charge in [0.05, 0.1) is 0 Å². The van der Waals surface area contributed by atoms with E-state index in [1.807, 2.05) is 0 Å². The van der Waals surface area contributed by atoms with E-state index >= 15 is 0 Å². The molecule has 0 radical (unpaired) electrons. The van der Waals surface area contributed by atoms with Crippen molar-refractivity contribution in [1.82, 2.24) is 15.1 Å². The first-order valence-corrected chi connectivity index (χ1v) is 9.95. The lowest BCUT2D eigenvalue weighted by molar-refractivity contribution is 0.00883. The van der Waals surface area contributed by atoms with Crippen LogP contribution in [0.15, 0.2) is 24.3 Å². The van der Waals surface area contributed by atoms with Gasteiger partial charge in [0.2, 0.25) is 0 Å². The van der Waals surface area contributed by atoms with Gasteiger partial charge in [-0.25, -0.2) is 0 Å². The van der Waals surface area contributed by atoms with Gasteiger partial charge in [0.25, 0.3) is 0 Å². The maximum atomic E-state index is 3.81. The van der Waals surface area contributed by atoms with E-state index in [-0.39, 0.29) is 0 Å². The van der Waals surface area contributed by atoms with Gasteiger partial charge in [0, 0.05) is 44.8 Å². The molecule has 2 fully saturated rings. The lowest BCUT2D eigenvalue weighted by atomic mass is 9.79. The van der Waals surface area contributed by atoms with Gasteiger partial charge in [-0.05, 0) is 31.9 Å². The topological polar surface area (TPSA) is 18.5 Å². The summed E-state index contributed by atoms with van der Waals surface area (Å²) in [7, 11) is 0. The Bertz CT molecular complexity index is 500. The van der Waals surface area contributed by atoms with Crippen LogP contribution in [-0.4, -0.2) is 54.6 Å². The zero-order valence-corrected chi connectivity index (χ0v) is 15.7. The van der Waals surface area contributed by atoms with Crippen LogP contribution in [0.3, 0.4) is 0 Å². The number of benzene rings is 1. The fraction of sp³-hybridized carbons (Fsp3) is 0.714. The number of nitrogens with zero attached hydrogens (tertiary/aromatic N) is 2. The standard InChI is InChI=1S/C21H35N3/c1-3-23-12-14-24(15-13-23)21(10-5-4-6-11-21)18-22-17-20-9-7-8-19(2)16-20/h7-9,16,22H,3-6,10-15,17-18H2,1-2H3. The Kier molecular flexibility index (Phi) is 6.31. The summed E-state index contributed by atoms with van der Waals surface area (Å²) in [5.41, 5.74) is 3.18. The number of hydrogen-bond acceptors (Lipinski definition) is 3. The van der Waals surface area contributed by atoms with Crippen molar-refractivity contribution in [2.75, 3.05) is 39.3 Å². The molecule has 0 spiro atoms. The summed E-state index contributed by atoms with van der Waals surface area (Å²) in [6.07, 6.45) is 6.98. The number of aryl methyl sites for hydroxylation is 1. The van der Waals surface area contributed by atoms with E-state index in [9.17, 15) is 0 Å². The lowest BCUT2D eigenvalue weighted by Gasteiger charge is -2.50. The molecule has 0 unspecified atom stereocenters. The molecule has 3 rings (SSSR count).